The molecule has 0 aromatic heterocycles. The van der Waals surface area contributed by atoms with Crippen molar-refractivity contribution < 1.29 is 28.9 Å². The number of rotatable bonds is 4. The van der Waals surface area contributed by atoms with Gasteiger partial charge in [-0.2, -0.15) is 0 Å². The lowest BCUT2D eigenvalue weighted by atomic mass is 10.2. The van der Waals surface area contributed by atoms with Gasteiger partial charge in [0.05, 0.1) is 5.69 Å². The average molecular weight is 384 g/mol. The van der Waals surface area contributed by atoms with Crippen molar-refractivity contribution in [3.05, 3.63) is 52.3 Å². The molecule has 0 aliphatic rings. The molecule has 0 saturated heterocycles. The highest BCUT2D eigenvalue weighted by Gasteiger charge is 2.15. The van der Waals surface area contributed by atoms with Gasteiger partial charge >= 0.3 is 5.97 Å². The number of carbonyl (C=O) groups is 2. The maximum Gasteiger partial charge on any atom is 0.342 e. The fourth-order valence-electron chi connectivity index (χ4n) is 1.68. The van der Waals surface area contributed by atoms with Crippen LogP contribution in [0, 0.1) is 5.82 Å². The minimum Gasteiger partial charge on any atom is -0.508 e. The van der Waals surface area contributed by atoms with Crippen LogP contribution in [0.3, 0.4) is 0 Å². The SMILES string of the molecule is O=C(COC(=O)c1ccc(O)cc1O)Nc1ccc(Br)cc1F. The van der Waals surface area contributed by atoms with Crippen LogP contribution in [0.5, 0.6) is 11.5 Å². The molecule has 0 aliphatic heterocycles. The Morgan fingerprint density at radius 1 is 1.17 bits per heavy atom. The molecule has 2 aromatic rings. The molecule has 0 radical (unpaired) electrons. The zero-order valence-electron chi connectivity index (χ0n) is 11.5. The third kappa shape index (κ3) is 4.43. The number of hydrogen-bond acceptors (Lipinski definition) is 5. The quantitative estimate of drug-likeness (QED) is 0.705. The summed E-state index contributed by atoms with van der Waals surface area (Å²) >= 11 is 3.09. The summed E-state index contributed by atoms with van der Waals surface area (Å²) in [6.07, 6.45) is 0. The lowest BCUT2D eigenvalue weighted by molar-refractivity contribution is -0.119. The van der Waals surface area contributed by atoms with Crippen molar-refractivity contribution in [2.45, 2.75) is 0 Å². The van der Waals surface area contributed by atoms with Crippen molar-refractivity contribution in [2.24, 2.45) is 0 Å². The van der Waals surface area contributed by atoms with Crippen molar-refractivity contribution >= 4 is 33.5 Å². The Hall–Kier alpha value is -2.61. The molecule has 0 unspecified atom stereocenters. The first-order chi connectivity index (χ1) is 10.9. The maximum atomic E-state index is 13.6. The highest BCUT2D eigenvalue weighted by molar-refractivity contribution is 9.10. The number of benzene rings is 2. The van der Waals surface area contributed by atoms with Crippen molar-refractivity contribution in [1.82, 2.24) is 0 Å². The van der Waals surface area contributed by atoms with E-state index in [4.69, 9.17) is 9.84 Å². The number of amides is 1. The highest BCUT2D eigenvalue weighted by Crippen LogP contribution is 2.23. The zero-order valence-corrected chi connectivity index (χ0v) is 13.1. The predicted octanol–water partition coefficient (Wildman–Crippen LogP) is 2.79. The van der Waals surface area contributed by atoms with Crippen LogP contribution in [0.2, 0.25) is 0 Å². The summed E-state index contributed by atoms with van der Waals surface area (Å²) < 4.78 is 18.8. The van der Waals surface area contributed by atoms with E-state index in [1.54, 1.807) is 6.07 Å². The lowest BCUT2D eigenvalue weighted by Crippen LogP contribution is -2.21. The fraction of sp³-hybridized carbons (Fsp3) is 0.0667. The molecule has 0 atom stereocenters. The molecule has 6 nitrogen and oxygen atoms in total. The van der Waals surface area contributed by atoms with E-state index in [-0.39, 0.29) is 17.0 Å². The number of halogens is 2. The number of carbonyl (C=O) groups excluding carboxylic acids is 2. The molecule has 2 rings (SSSR count). The second kappa shape index (κ2) is 7.10. The second-order valence-electron chi connectivity index (χ2n) is 4.45. The molecule has 0 bridgehead atoms. The van der Waals surface area contributed by atoms with Crippen LogP contribution in [0.25, 0.3) is 0 Å². The first-order valence-electron chi connectivity index (χ1n) is 6.31. The molecule has 0 aliphatic carbocycles. The first-order valence-corrected chi connectivity index (χ1v) is 7.10. The molecule has 0 saturated carbocycles. The van der Waals surface area contributed by atoms with Crippen LogP contribution in [-0.4, -0.2) is 28.7 Å². The standard InChI is InChI=1S/C15H11BrFNO5/c16-8-1-4-12(11(17)5-8)18-14(21)7-23-15(22)10-3-2-9(19)6-13(10)20/h1-6,19-20H,7H2,(H,18,21). The molecule has 3 N–H and O–H groups in total. The van der Waals surface area contributed by atoms with Gasteiger partial charge in [-0.25, -0.2) is 9.18 Å². The van der Waals surface area contributed by atoms with Crippen LogP contribution in [0.15, 0.2) is 40.9 Å². The van der Waals surface area contributed by atoms with Crippen molar-refractivity contribution in [2.75, 3.05) is 11.9 Å². The molecule has 8 heteroatoms. The fourth-order valence-corrected chi connectivity index (χ4v) is 2.01. The number of aromatic hydroxyl groups is 2. The Kier molecular flexibility index (Phi) is 5.17. The van der Waals surface area contributed by atoms with Crippen LogP contribution in [0.4, 0.5) is 10.1 Å². The smallest absolute Gasteiger partial charge is 0.342 e. The van der Waals surface area contributed by atoms with Crippen molar-refractivity contribution in [3.63, 3.8) is 0 Å². The molecule has 120 valence electrons. The van der Waals surface area contributed by atoms with E-state index in [1.165, 1.54) is 18.2 Å². The Balaban J connectivity index is 1.94. The van der Waals surface area contributed by atoms with E-state index in [2.05, 4.69) is 21.2 Å². The number of anilines is 1. The molecule has 2 aromatic carbocycles. The highest BCUT2D eigenvalue weighted by atomic mass is 79.9. The van der Waals surface area contributed by atoms with Crippen molar-refractivity contribution in [3.8, 4) is 11.5 Å². The molecular weight excluding hydrogens is 373 g/mol. The number of nitrogens with one attached hydrogen (secondary N) is 1. The van der Waals surface area contributed by atoms with Gasteiger partial charge < -0.3 is 20.3 Å². The molecule has 1 amide bonds. The Morgan fingerprint density at radius 2 is 1.91 bits per heavy atom. The van der Waals surface area contributed by atoms with E-state index in [1.807, 2.05) is 0 Å². The molecule has 0 fully saturated rings. The van der Waals surface area contributed by atoms with E-state index >= 15 is 0 Å². The number of hydrogen-bond donors (Lipinski definition) is 3. The Labute approximate surface area is 138 Å². The maximum absolute atomic E-state index is 13.6. The zero-order chi connectivity index (χ0) is 17.0. The van der Waals surface area contributed by atoms with E-state index < -0.39 is 30.1 Å². The predicted molar refractivity (Wildman–Crippen MR) is 82.8 cm³/mol. The van der Waals surface area contributed by atoms with E-state index in [0.717, 1.165) is 12.1 Å². The molecule has 0 spiro atoms. The normalized spacial score (nSPS) is 10.2. The van der Waals surface area contributed by atoms with E-state index in [9.17, 15) is 19.1 Å². The summed E-state index contributed by atoms with van der Waals surface area (Å²) in [5, 5.41) is 20.9. The summed E-state index contributed by atoms with van der Waals surface area (Å²) in [6, 6.07) is 7.38. The monoisotopic (exact) mass is 383 g/mol. The molecule has 23 heavy (non-hydrogen) atoms. The van der Waals surface area contributed by atoms with Crippen LogP contribution in [0.1, 0.15) is 10.4 Å². The molecule has 0 heterocycles. The van der Waals surface area contributed by atoms with Gasteiger partial charge in [-0.05, 0) is 30.3 Å². The number of phenols is 2. The summed E-state index contributed by atoms with van der Waals surface area (Å²) in [6.45, 7) is -0.658. The van der Waals surface area contributed by atoms with Gasteiger partial charge in [-0.15, -0.1) is 0 Å². The van der Waals surface area contributed by atoms with E-state index in [0.29, 0.717) is 4.47 Å². The van der Waals surface area contributed by atoms with Gasteiger partial charge in [0.25, 0.3) is 5.91 Å². The van der Waals surface area contributed by atoms with Crippen molar-refractivity contribution in [1.29, 1.82) is 0 Å². The number of esters is 1. The number of ether oxygens (including phenoxy) is 1. The number of phenolic OH excluding ortho intramolecular Hbond substituents is 2. The van der Waals surface area contributed by atoms with Crippen LogP contribution < -0.4 is 5.32 Å². The minimum absolute atomic E-state index is 0.0540. The van der Waals surface area contributed by atoms with Crippen LogP contribution in [-0.2, 0) is 9.53 Å². The lowest BCUT2D eigenvalue weighted by Gasteiger charge is -2.08. The Morgan fingerprint density at radius 3 is 2.57 bits per heavy atom. The van der Waals surface area contributed by atoms with Gasteiger partial charge in [0, 0.05) is 10.5 Å². The Bertz CT molecular complexity index is 766. The second-order valence-corrected chi connectivity index (χ2v) is 5.37. The minimum atomic E-state index is -0.950. The third-order valence-corrected chi connectivity index (χ3v) is 3.23. The summed E-state index contributed by atoms with van der Waals surface area (Å²) in [7, 11) is 0. The molecular formula is C15H11BrFNO5. The van der Waals surface area contributed by atoms with Gasteiger partial charge in [-0.1, -0.05) is 15.9 Å². The first kappa shape index (κ1) is 16.8. The van der Waals surface area contributed by atoms with Gasteiger partial charge in [-0.3, -0.25) is 4.79 Å². The topological polar surface area (TPSA) is 95.9 Å². The summed E-state index contributed by atoms with van der Waals surface area (Å²) in [4.78, 5) is 23.4. The van der Waals surface area contributed by atoms with Gasteiger partial charge in [0.2, 0.25) is 0 Å². The van der Waals surface area contributed by atoms with Gasteiger partial charge in [0.15, 0.2) is 6.61 Å². The van der Waals surface area contributed by atoms with Crippen LogP contribution >= 0.6 is 15.9 Å². The van der Waals surface area contributed by atoms with Gasteiger partial charge in [0.1, 0.15) is 22.9 Å². The third-order valence-electron chi connectivity index (χ3n) is 2.74. The summed E-state index contributed by atoms with van der Waals surface area (Å²) in [5.74, 6) is -3.03. The largest absolute Gasteiger partial charge is 0.508 e. The average Bonchev–Trinajstić information content (AvgIpc) is 2.48. The summed E-state index contributed by atoms with van der Waals surface area (Å²) in [5.41, 5.74) is -0.257.